The van der Waals surface area contributed by atoms with Crippen LogP contribution in [0.3, 0.4) is 0 Å². The Morgan fingerprint density at radius 1 is 1.07 bits per heavy atom. The van der Waals surface area contributed by atoms with Gasteiger partial charge in [0.2, 0.25) is 0 Å². The number of esters is 1. The molecule has 30 heavy (non-hydrogen) atoms. The van der Waals surface area contributed by atoms with Crippen molar-refractivity contribution in [2.24, 2.45) is 5.92 Å². The lowest BCUT2D eigenvalue weighted by molar-refractivity contribution is 0.00176. The summed E-state index contributed by atoms with van der Waals surface area (Å²) in [6.45, 7) is 1.95. The fourth-order valence-corrected chi connectivity index (χ4v) is 5.00. The minimum Gasteiger partial charge on any atom is -0.456 e. The van der Waals surface area contributed by atoms with Crippen LogP contribution in [0.5, 0.6) is 0 Å². The van der Waals surface area contributed by atoms with E-state index in [1.165, 1.54) is 32.1 Å². The molecule has 162 valence electrons. The number of hydrogen-bond acceptors (Lipinski definition) is 5. The van der Waals surface area contributed by atoms with E-state index in [1.54, 1.807) is 12.1 Å². The monoisotopic (exact) mass is 410 g/mol. The van der Waals surface area contributed by atoms with Crippen molar-refractivity contribution in [2.45, 2.75) is 76.5 Å². The Hall–Kier alpha value is -2.21. The molecule has 2 aliphatic rings. The first kappa shape index (κ1) is 21.0. The predicted octanol–water partition coefficient (Wildman–Crippen LogP) is 4.63. The largest absolute Gasteiger partial charge is 0.456 e. The highest BCUT2D eigenvalue weighted by Gasteiger charge is 2.31. The lowest BCUT2D eigenvalue weighted by Gasteiger charge is -2.31. The predicted molar refractivity (Wildman–Crippen MR) is 116 cm³/mol. The van der Waals surface area contributed by atoms with Crippen molar-refractivity contribution in [1.29, 1.82) is 0 Å². The van der Waals surface area contributed by atoms with Gasteiger partial charge in [-0.3, -0.25) is 0 Å². The third-order valence-corrected chi connectivity index (χ3v) is 6.56. The average Bonchev–Trinajstić information content (AvgIpc) is 3.23. The lowest BCUT2D eigenvalue weighted by atomic mass is 9.89. The zero-order valence-electron chi connectivity index (χ0n) is 18.1. The quantitative estimate of drug-likeness (QED) is 0.623. The van der Waals surface area contributed by atoms with E-state index in [2.05, 4.69) is 28.5 Å². The number of hydrogen-bond donors (Lipinski definition) is 0. The molecule has 1 aromatic carbocycles. The van der Waals surface area contributed by atoms with Gasteiger partial charge in [-0.25, -0.2) is 9.48 Å². The summed E-state index contributed by atoms with van der Waals surface area (Å²) in [5, 5.41) is 8.85. The Morgan fingerprint density at radius 3 is 2.60 bits per heavy atom. The highest BCUT2D eigenvalue weighted by Crippen LogP contribution is 2.31. The van der Waals surface area contributed by atoms with Gasteiger partial charge in [0.15, 0.2) is 0 Å². The number of benzene rings is 1. The van der Waals surface area contributed by atoms with Crippen molar-refractivity contribution < 1.29 is 9.53 Å². The van der Waals surface area contributed by atoms with Crippen molar-refractivity contribution in [3.05, 3.63) is 47.8 Å². The summed E-state index contributed by atoms with van der Waals surface area (Å²) >= 11 is 0. The Bertz CT molecular complexity index is 801. The number of carbonyl (C=O) groups is 1. The summed E-state index contributed by atoms with van der Waals surface area (Å²) in [5.74, 6) is 0.568. The Morgan fingerprint density at radius 2 is 1.80 bits per heavy atom. The van der Waals surface area contributed by atoms with Crippen molar-refractivity contribution in [3.63, 3.8) is 0 Å². The van der Waals surface area contributed by atoms with Gasteiger partial charge in [-0.1, -0.05) is 49.1 Å². The molecule has 2 atom stereocenters. The number of rotatable bonds is 7. The number of ether oxygens (including phenoxy) is 1. The van der Waals surface area contributed by atoms with Crippen LogP contribution in [0.15, 0.2) is 36.5 Å². The summed E-state index contributed by atoms with van der Waals surface area (Å²) in [6, 6.07) is 9.30. The van der Waals surface area contributed by atoms with Gasteiger partial charge in [-0.05, 0) is 57.2 Å². The minimum absolute atomic E-state index is 0.0660. The number of aromatic nitrogens is 3. The van der Waals surface area contributed by atoms with Crippen LogP contribution in [-0.2, 0) is 11.3 Å². The van der Waals surface area contributed by atoms with Crippen LogP contribution in [0.4, 0.5) is 0 Å². The molecule has 2 aromatic rings. The maximum Gasteiger partial charge on any atom is 0.338 e. The second-order valence-electron chi connectivity index (χ2n) is 9.05. The second-order valence-corrected chi connectivity index (χ2v) is 9.05. The van der Waals surface area contributed by atoms with Crippen LogP contribution >= 0.6 is 0 Å². The molecule has 0 saturated heterocycles. The standard InChI is InChI=1S/C24H34N4O2/c1-27(16-19-10-4-2-5-11-19)17-21-18-28(26-25-21)22-14-8-9-15-23(22)30-24(29)20-12-6-3-7-13-20/h3,6-7,12-13,18-19,22-23H,2,4-5,8-11,14-17H2,1H3/t22-,23-/m1/s1. The van der Waals surface area contributed by atoms with Gasteiger partial charge in [0.25, 0.3) is 0 Å². The maximum absolute atomic E-state index is 12.6. The van der Waals surface area contributed by atoms with Crippen molar-refractivity contribution >= 4 is 5.97 Å². The molecular formula is C24H34N4O2. The Labute approximate surface area is 179 Å². The SMILES string of the molecule is CN(Cc1cn([C@@H]2CCCC[C@H]2OC(=O)c2ccccc2)nn1)CC1CCCCC1. The molecule has 0 radical (unpaired) electrons. The topological polar surface area (TPSA) is 60.2 Å². The summed E-state index contributed by atoms with van der Waals surface area (Å²) < 4.78 is 7.83. The zero-order valence-corrected chi connectivity index (χ0v) is 18.1. The van der Waals surface area contributed by atoms with Crippen LogP contribution in [0.25, 0.3) is 0 Å². The zero-order chi connectivity index (χ0) is 20.8. The summed E-state index contributed by atoms with van der Waals surface area (Å²) in [6.07, 6.45) is 12.8. The first-order valence-electron chi connectivity index (χ1n) is 11.5. The third-order valence-electron chi connectivity index (χ3n) is 6.56. The minimum atomic E-state index is -0.250. The van der Waals surface area contributed by atoms with E-state index in [9.17, 15) is 4.79 Å². The highest BCUT2D eigenvalue weighted by atomic mass is 16.5. The smallest absolute Gasteiger partial charge is 0.338 e. The van der Waals surface area contributed by atoms with Crippen molar-refractivity contribution in [1.82, 2.24) is 19.9 Å². The molecule has 0 spiro atoms. The molecule has 2 fully saturated rings. The normalized spacial score (nSPS) is 22.9. The molecule has 4 rings (SSSR count). The van der Waals surface area contributed by atoms with Gasteiger partial charge in [0.1, 0.15) is 6.10 Å². The van der Waals surface area contributed by atoms with E-state index in [0.717, 1.165) is 50.4 Å². The summed E-state index contributed by atoms with van der Waals surface area (Å²) in [7, 11) is 2.18. The average molecular weight is 411 g/mol. The van der Waals surface area contributed by atoms with E-state index in [0.29, 0.717) is 5.56 Å². The van der Waals surface area contributed by atoms with Gasteiger partial charge in [-0.15, -0.1) is 5.10 Å². The molecule has 1 heterocycles. The van der Waals surface area contributed by atoms with E-state index in [-0.39, 0.29) is 18.1 Å². The fraction of sp³-hybridized carbons (Fsp3) is 0.625. The van der Waals surface area contributed by atoms with Crippen LogP contribution in [0, 0.1) is 5.92 Å². The molecule has 0 bridgehead atoms. The van der Waals surface area contributed by atoms with Crippen LogP contribution in [0.1, 0.15) is 79.9 Å². The van der Waals surface area contributed by atoms with E-state index in [1.807, 2.05) is 22.9 Å². The summed E-state index contributed by atoms with van der Waals surface area (Å²) in [4.78, 5) is 14.9. The maximum atomic E-state index is 12.6. The van der Waals surface area contributed by atoms with E-state index >= 15 is 0 Å². The molecule has 6 nitrogen and oxygen atoms in total. The molecule has 0 aliphatic heterocycles. The third kappa shape index (κ3) is 5.48. The molecule has 0 N–H and O–H groups in total. The van der Waals surface area contributed by atoms with Crippen LogP contribution in [-0.4, -0.2) is 45.6 Å². The molecule has 1 aromatic heterocycles. The van der Waals surface area contributed by atoms with Gasteiger partial charge in [0.05, 0.1) is 23.5 Å². The van der Waals surface area contributed by atoms with Crippen molar-refractivity contribution in [3.8, 4) is 0 Å². The van der Waals surface area contributed by atoms with Gasteiger partial charge >= 0.3 is 5.97 Å². The lowest BCUT2D eigenvalue weighted by Crippen LogP contribution is -2.32. The molecular weight excluding hydrogens is 376 g/mol. The molecule has 2 saturated carbocycles. The van der Waals surface area contributed by atoms with E-state index in [4.69, 9.17) is 4.74 Å². The Balaban J connectivity index is 1.36. The van der Waals surface area contributed by atoms with Crippen molar-refractivity contribution in [2.75, 3.05) is 13.6 Å². The first-order valence-corrected chi connectivity index (χ1v) is 11.5. The second kappa shape index (κ2) is 10.2. The number of carbonyl (C=O) groups excluding carboxylic acids is 1. The number of nitrogens with zero attached hydrogens (tertiary/aromatic N) is 4. The van der Waals surface area contributed by atoms with Gasteiger partial charge in [0, 0.05) is 13.1 Å². The van der Waals surface area contributed by atoms with Crippen LogP contribution < -0.4 is 0 Å². The molecule has 6 heteroatoms. The van der Waals surface area contributed by atoms with Gasteiger partial charge in [-0.2, -0.15) is 0 Å². The Kier molecular flexibility index (Phi) is 7.16. The first-order chi connectivity index (χ1) is 14.7. The van der Waals surface area contributed by atoms with Gasteiger partial charge < -0.3 is 9.64 Å². The molecule has 2 aliphatic carbocycles. The fourth-order valence-electron chi connectivity index (χ4n) is 5.00. The molecule has 0 amide bonds. The molecule has 0 unspecified atom stereocenters. The summed E-state index contributed by atoms with van der Waals surface area (Å²) in [5.41, 5.74) is 1.59. The van der Waals surface area contributed by atoms with E-state index < -0.39 is 0 Å². The highest BCUT2D eigenvalue weighted by molar-refractivity contribution is 5.89. The van der Waals surface area contributed by atoms with Crippen LogP contribution in [0.2, 0.25) is 0 Å².